The van der Waals surface area contributed by atoms with Crippen molar-refractivity contribution >= 4 is 28.9 Å². The molecule has 2 aromatic rings. The molecule has 0 spiro atoms. The summed E-state index contributed by atoms with van der Waals surface area (Å²) < 4.78 is 5.08. The Morgan fingerprint density at radius 3 is 2.76 bits per heavy atom. The van der Waals surface area contributed by atoms with Gasteiger partial charge in [-0.1, -0.05) is 23.7 Å². The number of nitrogens with one attached hydrogen (secondary N) is 1. The second-order valence-electron chi connectivity index (χ2n) is 8.64. The molecule has 0 aliphatic carbocycles. The molecule has 0 bridgehead atoms. The second kappa shape index (κ2) is 10.5. The molecule has 2 atom stereocenters. The molecular formula is C24H29ClN4O4. The third-order valence-corrected chi connectivity index (χ3v) is 6.72. The Bertz CT molecular complexity index is 1000. The molecule has 0 unspecified atom stereocenters. The lowest BCUT2D eigenvalue weighted by Crippen LogP contribution is -2.60. The lowest BCUT2D eigenvalue weighted by atomic mass is 9.83. The number of benzene rings is 2. The van der Waals surface area contributed by atoms with Crippen LogP contribution >= 0.6 is 11.6 Å². The van der Waals surface area contributed by atoms with Gasteiger partial charge in [0, 0.05) is 69.3 Å². The van der Waals surface area contributed by atoms with Crippen LogP contribution in [-0.2, 0) is 22.5 Å². The number of nitro benzene ring substituents is 1. The van der Waals surface area contributed by atoms with E-state index in [-0.39, 0.29) is 28.5 Å². The van der Waals surface area contributed by atoms with Crippen LogP contribution in [0, 0.1) is 16.0 Å². The van der Waals surface area contributed by atoms with Crippen LogP contribution in [0.15, 0.2) is 42.5 Å². The lowest BCUT2D eigenvalue weighted by molar-refractivity contribution is -0.384. The van der Waals surface area contributed by atoms with Crippen LogP contribution in [0.3, 0.4) is 0 Å². The number of halogens is 1. The molecule has 2 aliphatic rings. The number of rotatable bonds is 8. The highest BCUT2D eigenvalue weighted by Gasteiger charge is 2.41. The fourth-order valence-corrected chi connectivity index (χ4v) is 4.96. The standard InChI is InChI=1S/C24H29ClN4O4/c1-33-12-2-9-26-24(30)21-14-18-13-20(29(31)32)7-8-22(18)28-11-10-27(16-23(21)28)15-17-3-5-19(25)6-4-17/h3-8,13,21,23H,2,9-12,14-16H2,1H3,(H,26,30)/t21-,23+/m0/s1. The van der Waals surface area contributed by atoms with Gasteiger partial charge in [0.1, 0.15) is 0 Å². The fourth-order valence-electron chi connectivity index (χ4n) is 4.83. The van der Waals surface area contributed by atoms with Gasteiger partial charge < -0.3 is 15.0 Å². The third kappa shape index (κ3) is 5.46. The number of piperazine rings is 1. The van der Waals surface area contributed by atoms with E-state index in [0.29, 0.717) is 24.6 Å². The molecule has 2 heterocycles. The number of anilines is 1. The van der Waals surface area contributed by atoms with Crippen molar-refractivity contribution in [3.8, 4) is 0 Å². The van der Waals surface area contributed by atoms with E-state index in [1.807, 2.05) is 30.3 Å². The van der Waals surface area contributed by atoms with Crippen LogP contribution in [0.2, 0.25) is 5.02 Å². The van der Waals surface area contributed by atoms with Gasteiger partial charge in [0.25, 0.3) is 5.69 Å². The summed E-state index contributed by atoms with van der Waals surface area (Å²) in [5, 5.41) is 15.1. The molecule has 1 saturated heterocycles. The van der Waals surface area contributed by atoms with Crippen molar-refractivity contribution in [3.05, 3.63) is 68.7 Å². The van der Waals surface area contributed by atoms with Crippen molar-refractivity contribution in [3.63, 3.8) is 0 Å². The minimum Gasteiger partial charge on any atom is -0.385 e. The third-order valence-electron chi connectivity index (χ3n) is 6.47. The average Bonchev–Trinajstić information content (AvgIpc) is 2.82. The lowest BCUT2D eigenvalue weighted by Gasteiger charge is -2.49. The first-order valence-corrected chi connectivity index (χ1v) is 11.6. The number of hydrogen-bond acceptors (Lipinski definition) is 6. The number of ether oxygens (including phenoxy) is 1. The number of hydrogen-bond donors (Lipinski definition) is 1. The Labute approximate surface area is 198 Å². The molecule has 0 saturated carbocycles. The van der Waals surface area contributed by atoms with Crippen molar-refractivity contribution in [2.75, 3.05) is 44.8 Å². The van der Waals surface area contributed by atoms with E-state index < -0.39 is 0 Å². The molecule has 2 aliphatic heterocycles. The molecule has 4 rings (SSSR count). The molecule has 2 aromatic carbocycles. The van der Waals surface area contributed by atoms with Gasteiger partial charge in [0.05, 0.1) is 16.9 Å². The van der Waals surface area contributed by atoms with Crippen LogP contribution in [-0.4, -0.2) is 61.7 Å². The monoisotopic (exact) mass is 472 g/mol. The summed E-state index contributed by atoms with van der Waals surface area (Å²) in [4.78, 5) is 28.8. The first kappa shape index (κ1) is 23.5. The minimum absolute atomic E-state index is 0.00225. The maximum absolute atomic E-state index is 13.2. The first-order chi connectivity index (χ1) is 16.0. The number of nitrogens with zero attached hydrogens (tertiary/aromatic N) is 3. The van der Waals surface area contributed by atoms with E-state index in [0.717, 1.165) is 43.9 Å². The van der Waals surface area contributed by atoms with Crippen LogP contribution in [0.1, 0.15) is 17.5 Å². The number of fused-ring (bicyclic) bond motifs is 3. The van der Waals surface area contributed by atoms with Gasteiger partial charge in [-0.15, -0.1) is 0 Å². The van der Waals surface area contributed by atoms with Crippen molar-refractivity contribution < 1.29 is 14.5 Å². The van der Waals surface area contributed by atoms with Crippen LogP contribution in [0.4, 0.5) is 11.4 Å². The zero-order valence-corrected chi connectivity index (χ0v) is 19.5. The Kier molecular flexibility index (Phi) is 7.47. The van der Waals surface area contributed by atoms with Gasteiger partial charge in [-0.2, -0.15) is 0 Å². The highest BCUT2D eigenvalue weighted by atomic mass is 35.5. The summed E-state index contributed by atoms with van der Waals surface area (Å²) >= 11 is 6.02. The van der Waals surface area contributed by atoms with Gasteiger partial charge in [0.2, 0.25) is 5.91 Å². The SMILES string of the molecule is COCCCNC(=O)[C@H]1Cc2cc([N+](=O)[O-])ccc2N2CCN(Cc3ccc(Cl)cc3)C[C@H]12. The quantitative estimate of drug-likeness (QED) is 0.360. The zero-order valence-electron chi connectivity index (χ0n) is 18.7. The Morgan fingerprint density at radius 1 is 1.24 bits per heavy atom. The van der Waals surface area contributed by atoms with E-state index in [2.05, 4.69) is 15.1 Å². The Balaban J connectivity index is 1.55. The number of non-ortho nitro benzene ring substituents is 1. The number of carbonyl (C=O) groups is 1. The van der Waals surface area contributed by atoms with Crippen molar-refractivity contribution in [2.24, 2.45) is 5.92 Å². The van der Waals surface area contributed by atoms with E-state index in [1.165, 1.54) is 5.56 Å². The largest absolute Gasteiger partial charge is 0.385 e. The number of amides is 1. The van der Waals surface area contributed by atoms with Crippen molar-refractivity contribution in [1.82, 2.24) is 10.2 Å². The van der Waals surface area contributed by atoms with E-state index in [1.54, 1.807) is 19.2 Å². The van der Waals surface area contributed by atoms with Crippen molar-refractivity contribution in [1.29, 1.82) is 0 Å². The van der Waals surface area contributed by atoms with Gasteiger partial charge in [-0.3, -0.25) is 19.8 Å². The molecule has 9 heteroatoms. The Morgan fingerprint density at radius 2 is 2.03 bits per heavy atom. The smallest absolute Gasteiger partial charge is 0.269 e. The van der Waals surface area contributed by atoms with Gasteiger partial charge in [-0.25, -0.2) is 0 Å². The van der Waals surface area contributed by atoms with Crippen LogP contribution in [0.25, 0.3) is 0 Å². The predicted octanol–water partition coefficient (Wildman–Crippen LogP) is 3.26. The molecule has 1 N–H and O–H groups in total. The summed E-state index contributed by atoms with van der Waals surface area (Å²) in [7, 11) is 1.64. The summed E-state index contributed by atoms with van der Waals surface area (Å²) in [6.07, 6.45) is 1.23. The van der Waals surface area contributed by atoms with Crippen molar-refractivity contribution in [2.45, 2.75) is 25.4 Å². The average molecular weight is 473 g/mol. The fraction of sp³-hybridized carbons (Fsp3) is 0.458. The summed E-state index contributed by atoms with van der Waals surface area (Å²) in [6.45, 7) is 4.27. The van der Waals surface area contributed by atoms with E-state index in [4.69, 9.17) is 16.3 Å². The van der Waals surface area contributed by atoms with Gasteiger partial charge in [-0.05, 0) is 42.2 Å². The molecule has 1 amide bonds. The van der Waals surface area contributed by atoms with Crippen LogP contribution < -0.4 is 10.2 Å². The maximum Gasteiger partial charge on any atom is 0.269 e. The molecule has 33 heavy (non-hydrogen) atoms. The highest BCUT2D eigenvalue weighted by Crippen LogP contribution is 2.38. The molecule has 176 valence electrons. The zero-order chi connectivity index (χ0) is 23.4. The molecule has 8 nitrogen and oxygen atoms in total. The Hall–Kier alpha value is -2.68. The maximum atomic E-state index is 13.2. The minimum atomic E-state index is -0.379. The summed E-state index contributed by atoms with van der Waals surface area (Å²) in [5.41, 5.74) is 3.11. The highest BCUT2D eigenvalue weighted by molar-refractivity contribution is 6.30. The van der Waals surface area contributed by atoms with Crippen LogP contribution in [0.5, 0.6) is 0 Å². The topological polar surface area (TPSA) is 87.9 Å². The molecule has 1 fully saturated rings. The van der Waals surface area contributed by atoms with E-state index >= 15 is 0 Å². The van der Waals surface area contributed by atoms with Gasteiger partial charge in [0.15, 0.2) is 0 Å². The number of methoxy groups -OCH3 is 1. The van der Waals surface area contributed by atoms with Gasteiger partial charge >= 0.3 is 0 Å². The normalized spacial score (nSPS) is 20.1. The van der Waals surface area contributed by atoms with E-state index in [9.17, 15) is 14.9 Å². The second-order valence-corrected chi connectivity index (χ2v) is 9.08. The number of nitro groups is 1. The summed E-state index contributed by atoms with van der Waals surface area (Å²) in [6, 6.07) is 12.9. The summed E-state index contributed by atoms with van der Waals surface area (Å²) in [5.74, 6) is -0.290. The first-order valence-electron chi connectivity index (χ1n) is 11.2. The number of carbonyl (C=O) groups excluding carboxylic acids is 1. The molecule has 0 radical (unpaired) electrons. The predicted molar refractivity (Wildman–Crippen MR) is 128 cm³/mol. The molecular weight excluding hydrogens is 444 g/mol. The molecule has 0 aromatic heterocycles.